The number of aromatic nitrogens is 1. The van der Waals surface area contributed by atoms with Crippen LogP contribution in [0.1, 0.15) is 11.5 Å². The molecule has 0 aliphatic heterocycles. The molecule has 1 aromatic carbocycles. The van der Waals surface area contributed by atoms with Crippen molar-refractivity contribution in [3.05, 3.63) is 46.8 Å². The summed E-state index contributed by atoms with van der Waals surface area (Å²) in [5.41, 5.74) is 0.771. The van der Waals surface area contributed by atoms with Crippen molar-refractivity contribution in [1.29, 1.82) is 0 Å². The molecule has 2 aromatic rings. The molecule has 0 unspecified atom stereocenters. The molecule has 0 spiro atoms. The number of aryl methyl sites for hydroxylation is 1. The van der Waals surface area contributed by atoms with Crippen molar-refractivity contribution < 1.29 is 12.9 Å². The van der Waals surface area contributed by atoms with E-state index in [9.17, 15) is 8.42 Å². The zero-order valence-electron chi connectivity index (χ0n) is 10.3. The summed E-state index contributed by atoms with van der Waals surface area (Å²) < 4.78 is 31.4. The molecule has 7 heteroatoms. The number of hydrogen-bond donors (Lipinski definition) is 1. The van der Waals surface area contributed by atoms with Gasteiger partial charge in [-0.15, -0.1) is 0 Å². The van der Waals surface area contributed by atoms with Gasteiger partial charge in [-0.25, -0.2) is 13.1 Å². The molecule has 0 saturated carbocycles. The van der Waals surface area contributed by atoms with Crippen LogP contribution in [0.15, 0.2) is 39.8 Å². The molecular weight excluding hydrogens is 288 g/mol. The highest BCUT2D eigenvalue weighted by Gasteiger charge is 2.14. The molecule has 1 N–H and O–H groups in total. The van der Waals surface area contributed by atoms with Crippen molar-refractivity contribution in [2.75, 3.05) is 6.54 Å². The number of benzene rings is 1. The molecule has 1 heterocycles. The van der Waals surface area contributed by atoms with E-state index in [4.69, 9.17) is 16.1 Å². The number of sulfonamides is 1. The minimum absolute atomic E-state index is 0.147. The van der Waals surface area contributed by atoms with E-state index in [1.54, 1.807) is 18.2 Å². The molecule has 19 heavy (non-hydrogen) atoms. The Morgan fingerprint density at radius 2 is 2.16 bits per heavy atom. The van der Waals surface area contributed by atoms with Crippen LogP contribution in [0.4, 0.5) is 0 Å². The van der Waals surface area contributed by atoms with Gasteiger partial charge in [-0.2, -0.15) is 0 Å². The monoisotopic (exact) mass is 300 g/mol. The summed E-state index contributed by atoms with van der Waals surface area (Å²) in [4.78, 5) is 0.147. The Hall–Kier alpha value is -1.37. The first-order valence-electron chi connectivity index (χ1n) is 5.65. The normalized spacial score (nSPS) is 11.7. The van der Waals surface area contributed by atoms with Gasteiger partial charge in [0.05, 0.1) is 10.6 Å². The summed E-state index contributed by atoms with van der Waals surface area (Å²) in [6, 6.07) is 7.89. The second kappa shape index (κ2) is 5.73. The third kappa shape index (κ3) is 3.79. The first-order chi connectivity index (χ1) is 8.97. The van der Waals surface area contributed by atoms with E-state index < -0.39 is 10.0 Å². The van der Waals surface area contributed by atoms with E-state index in [2.05, 4.69) is 9.88 Å². The molecule has 1 aromatic heterocycles. The Bertz CT molecular complexity index is 667. The van der Waals surface area contributed by atoms with Gasteiger partial charge in [0, 0.05) is 24.1 Å². The summed E-state index contributed by atoms with van der Waals surface area (Å²) in [7, 11) is -3.54. The summed E-state index contributed by atoms with van der Waals surface area (Å²) in [5, 5.41) is 4.11. The molecule has 2 rings (SSSR count). The average Bonchev–Trinajstić information content (AvgIpc) is 2.75. The van der Waals surface area contributed by atoms with E-state index in [0.717, 1.165) is 5.69 Å². The van der Waals surface area contributed by atoms with Crippen molar-refractivity contribution in [3.63, 3.8) is 0 Å². The zero-order valence-corrected chi connectivity index (χ0v) is 11.8. The molecule has 0 bridgehead atoms. The number of nitrogens with one attached hydrogen (secondary N) is 1. The number of rotatable bonds is 5. The highest BCUT2D eigenvalue weighted by atomic mass is 35.5. The molecule has 0 aliphatic rings. The van der Waals surface area contributed by atoms with Gasteiger partial charge < -0.3 is 4.52 Å². The van der Waals surface area contributed by atoms with Crippen LogP contribution in [0.25, 0.3) is 0 Å². The molecule has 102 valence electrons. The van der Waals surface area contributed by atoms with Gasteiger partial charge in [-0.1, -0.05) is 22.8 Å². The lowest BCUT2D eigenvalue weighted by Crippen LogP contribution is -2.25. The van der Waals surface area contributed by atoms with Crippen LogP contribution in [0.2, 0.25) is 5.02 Å². The number of hydrogen-bond acceptors (Lipinski definition) is 4. The lowest BCUT2D eigenvalue weighted by molar-refractivity contribution is 0.379. The van der Waals surface area contributed by atoms with Gasteiger partial charge in [-0.3, -0.25) is 0 Å². The Kier molecular flexibility index (Phi) is 4.24. The molecule has 0 saturated heterocycles. The Morgan fingerprint density at radius 3 is 2.79 bits per heavy atom. The third-order valence-electron chi connectivity index (χ3n) is 2.45. The maximum absolute atomic E-state index is 12.0. The van der Waals surface area contributed by atoms with Crippen LogP contribution in [0.5, 0.6) is 0 Å². The highest BCUT2D eigenvalue weighted by molar-refractivity contribution is 7.89. The van der Waals surface area contributed by atoms with E-state index in [1.807, 2.05) is 6.92 Å². The van der Waals surface area contributed by atoms with Crippen molar-refractivity contribution >= 4 is 21.6 Å². The van der Waals surface area contributed by atoms with Gasteiger partial charge in [0.15, 0.2) is 0 Å². The van der Waals surface area contributed by atoms with E-state index in [-0.39, 0.29) is 11.4 Å². The SMILES string of the molecule is Cc1cc(CCNS(=O)(=O)c2cccc(Cl)c2)on1. The Morgan fingerprint density at radius 1 is 1.37 bits per heavy atom. The maximum atomic E-state index is 12.0. The first kappa shape index (κ1) is 14.0. The van der Waals surface area contributed by atoms with Crippen LogP contribution in [-0.2, 0) is 16.4 Å². The molecule has 0 amide bonds. The lowest BCUT2D eigenvalue weighted by Gasteiger charge is -2.05. The summed E-state index contributed by atoms with van der Waals surface area (Å²) in [5.74, 6) is 0.645. The largest absolute Gasteiger partial charge is 0.361 e. The van der Waals surface area contributed by atoms with Crippen LogP contribution < -0.4 is 4.72 Å². The molecule has 0 radical (unpaired) electrons. The van der Waals surface area contributed by atoms with Crippen LogP contribution >= 0.6 is 11.6 Å². The second-order valence-electron chi connectivity index (χ2n) is 4.04. The fraction of sp³-hybridized carbons (Fsp3) is 0.250. The second-order valence-corrected chi connectivity index (χ2v) is 6.24. The summed E-state index contributed by atoms with van der Waals surface area (Å²) >= 11 is 5.77. The molecule has 5 nitrogen and oxygen atoms in total. The van der Waals surface area contributed by atoms with E-state index in [0.29, 0.717) is 17.2 Å². The Balaban J connectivity index is 1.98. The van der Waals surface area contributed by atoms with Crippen LogP contribution in [0.3, 0.4) is 0 Å². The van der Waals surface area contributed by atoms with Crippen molar-refractivity contribution in [3.8, 4) is 0 Å². The smallest absolute Gasteiger partial charge is 0.240 e. The molecular formula is C12H13ClN2O3S. The molecule has 0 atom stereocenters. The highest BCUT2D eigenvalue weighted by Crippen LogP contribution is 2.15. The van der Waals surface area contributed by atoms with E-state index in [1.165, 1.54) is 12.1 Å². The predicted octanol–water partition coefficient (Wildman–Crippen LogP) is 2.16. The topological polar surface area (TPSA) is 72.2 Å². The fourth-order valence-corrected chi connectivity index (χ4v) is 2.89. The van der Waals surface area contributed by atoms with Crippen molar-refractivity contribution in [1.82, 2.24) is 9.88 Å². The number of halogens is 1. The maximum Gasteiger partial charge on any atom is 0.240 e. The number of nitrogens with zero attached hydrogens (tertiary/aromatic N) is 1. The van der Waals surface area contributed by atoms with Gasteiger partial charge in [-0.05, 0) is 25.1 Å². The van der Waals surface area contributed by atoms with Gasteiger partial charge in [0.2, 0.25) is 10.0 Å². The average molecular weight is 301 g/mol. The molecule has 0 aliphatic carbocycles. The van der Waals surface area contributed by atoms with Crippen LogP contribution in [-0.4, -0.2) is 20.1 Å². The third-order valence-corrected chi connectivity index (χ3v) is 4.14. The van der Waals surface area contributed by atoms with Crippen molar-refractivity contribution in [2.45, 2.75) is 18.2 Å². The quantitative estimate of drug-likeness (QED) is 0.918. The van der Waals surface area contributed by atoms with E-state index >= 15 is 0 Å². The van der Waals surface area contributed by atoms with Crippen molar-refractivity contribution in [2.24, 2.45) is 0 Å². The predicted molar refractivity (Wildman–Crippen MR) is 71.6 cm³/mol. The minimum atomic E-state index is -3.54. The fourth-order valence-electron chi connectivity index (χ4n) is 1.56. The summed E-state index contributed by atoms with van der Waals surface area (Å²) in [6.45, 7) is 2.05. The van der Waals surface area contributed by atoms with Gasteiger partial charge in [0.25, 0.3) is 0 Å². The Labute approximate surface area is 116 Å². The standard InChI is InChI=1S/C12H13ClN2O3S/c1-9-7-11(18-15-9)5-6-14-19(16,17)12-4-2-3-10(13)8-12/h2-4,7-8,14H,5-6H2,1H3. The zero-order chi connectivity index (χ0) is 13.9. The molecule has 0 fully saturated rings. The minimum Gasteiger partial charge on any atom is -0.361 e. The lowest BCUT2D eigenvalue weighted by atomic mass is 10.3. The first-order valence-corrected chi connectivity index (χ1v) is 7.51. The van der Waals surface area contributed by atoms with Gasteiger partial charge in [0.1, 0.15) is 5.76 Å². The van der Waals surface area contributed by atoms with Gasteiger partial charge >= 0.3 is 0 Å². The summed E-state index contributed by atoms with van der Waals surface area (Å²) in [6.07, 6.45) is 0.445. The van der Waals surface area contributed by atoms with Crippen LogP contribution in [0, 0.1) is 6.92 Å².